The molecule has 1 aliphatic heterocycles. The largest absolute Gasteiger partial charge is 0.370 e. The molecule has 1 aromatic heterocycles. The molecule has 160 valence electrons. The molecule has 1 fully saturated rings. The van der Waals surface area contributed by atoms with E-state index in [9.17, 15) is 0 Å². The van der Waals surface area contributed by atoms with Crippen molar-refractivity contribution in [2.75, 3.05) is 32.8 Å². The summed E-state index contributed by atoms with van der Waals surface area (Å²) in [4.78, 5) is 11.5. The number of rotatable bonds is 6. The number of aliphatic imine (C=N–C) groups is 1. The van der Waals surface area contributed by atoms with E-state index in [4.69, 9.17) is 14.3 Å². The second-order valence-electron chi connectivity index (χ2n) is 7.35. The van der Waals surface area contributed by atoms with E-state index in [-0.39, 0.29) is 36.0 Å². The number of guanidine groups is 1. The summed E-state index contributed by atoms with van der Waals surface area (Å²) in [6.45, 7) is 12.1. The zero-order chi connectivity index (χ0) is 19.9. The predicted molar refractivity (Wildman–Crippen MR) is 125 cm³/mol. The van der Waals surface area contributed by atoms with Crippen molar-refractivity contribution in [2.45, 2.75) is 46.1 Å². The van der Waals surface area contributed by atoms with E-state index in [2.05, 4.69) is 72.3 Å². The summed E-state index contributed by atoms with van der Waals surface area (Å²) in [6, 6.07) is 8.41. The highest BCUT2D eigenvalue weighted by atomic mass is 127. The van der Waals surface area contributed by atoms with Crippen LogP contribution in [-0.4, -0.2) is 53.8 Å². The first-order valence-corrected chi connectivity index (χ1v) is 10.1. The monoisotopic (exact) mass is 513 g/mol. The SMILES string of the molecule is CCNC(=NCCc1nc(C(C)C)no1)N1CCOC(c2ccccc2C)C1.I. The van der Waals surface area contributed by atoms with Crippen LogP contribution in [0.15, 0.2) is 33.8 Å². The third-order valence-corrected chi connectivity index (χ3v) is 4.82. The van der Waals surface area contributed by atoms with E-state index in [0.29, 0.717) is 25.5 Å². The average molecular weight is 513 g/mol. The summed E-state index contributed by atoms with van der Waals surface area (Å²) < 4.78 is 11.4. The number of nitrogens with zero attached hydrogens (tertiary/aromatic N) is 4. The molecule has 7 nitrogen and oxygen atoms in total. The van der Waals surface area contributed by atoms with E-state index in [1.807, 2.05) is 0 Å². The van der Waals surface area contributed by atoms with Gasteiger partial charge in [-0.05, 0) is 25.0 Å². The zero-order valence-electron chi connectivity index (χ0n) is 17.7. The van der Waals surface area contributed by atoms with Gasteiger partial charge in [-0.2, -0.15) is 4.98 Å². The lowest BCUT2D eigenvalue weighted by Crippen LogP contribution is -2.48. The number of ether oxygens (including phenoxy) is 1. The van der Waals surface area contributed by atoms with Crippen molar-refractivity contribution in [3.63, 3.8) is 0 Å². The van der Waals surface area contributed by atoms with Crippen molar-refractivity contribution in [3.05, 3.63) is 47.1 Å². The molecule has 1 N–H and O–H groups in total. The molecule has 1 saturated heterocycles. The molecule has 1 unspecified atom stereocenters. The van der Waals surface area contributed by atoms with Crippen molar-refractivity contribution in [1.29, 1.82) is 0 Å². The number of morpholine rings is 1. The molecule has 3 rings (SSSR count). The summed E-state index contributed by atoms with van der Waals surface area (Å²) in [7, 11) is 0. The fraction of sp³-hybridized carbons (Fsp3) is 0.571. The van der Waals surface area contributed by atoms with Crippen LogP contribution in [0, 0.1) is 6.92 Å². The molecule has 1 aliphatic rings. The maximum Gasteiger partial charge on any atom is 0.228 e. The number of nitrogens with one attached hydrogen (secondary N) is 1. The number of aryl methyl sites for hydroxylation is 1. The number of halogens is 1. The Morgan fingerprint density at radius 3 is 2.83 bits per heavy atom. The quantitative estimate of drug-likeness (QED) is 0.361. The van der Waals surface area contributed by atoms with E-state index in [0.717, 1.165) is 31.4 Å². The Kier molecular flexibility index (Phi) is 9.35. The second-order valence-corrected chi connectivity index (χ2v) is 7.35. The van der Waals surface area contributed by atoms with Crippen molar-refractivity contribution in [2.24, 2.45) is 4.99 Å². The first-order valence-electron chi connectivity index (χ1n) is 10.1. The minimum atomic E-state index is 0. The summed E-state index contributed by atoms with van der Waals surface area (Å²) >= 11 is 0. The molecule has 8 heteroatoms. The van der Waals surface area contributed by atoms with Gasteiger partial charge in [0.05, 0.1) is 19.7 Å². The van der Waals surface area contributed by atoms with Crippen LogP contribution in [0.25, 0.3) is 0 Å². The number of benzene rings is 1. The molecule has 0 spiro atoms. The fourth-order valence-electron chi connectivity index (χ4n) is 3.27. The maximum atomic E-state index is 6.04. The molecule has 0 radical (unpaired) electrons. The first kappa shape index (κ1) is 23.6. The second kappa shape index (κ2) is 11.5. The molecule has 2 heterocycles. The Labute approximate surface area is 190 Å². The molecule has 1 aromatic carbocycles. The molecule has 0 amide bonds. The minimum Gasteiger partial charge on any atom is -0.370 e. The van der Waals surface area contributed by atoms with E-state index < -0.39 is 0 Å². The van der Waals surface area contributed by atoms with E-state index in [1.54, 1.807) is 0 Å². The average Bonchev–Trinajstić information content (AvgIpc) is 3.17. The van der Waals surface area contributed by atoms with Crippen molar-refractivity contribution in [1.82, 2.24) is 20.4 Å². The van der Waals surface area contributed by atoms with Crippen LogP contribution in [0.5, 0.6) is 0 Å². The smallest absolute Gasteiger partial charge is 0.228 e. The molecule has 0 bridgehead atoms. The number of hydrogen-bond donors (Lipinski definition) is 1. The van der Waals surface area contributed by atoms with Crippen LogP contribution in [0.4, 0.5) is 0 Å². The van der Waals surface area contributed by atoms with E-state index >= 15 is 0 Å². The van der Waals surface area contributed by atoms with Gasteiger partial charge in [0.15, 0.2) is 11.8 Å². The summed E-state index contributed by atoms with van der Waals surface area (Å²) in [5.74, 6) is 2.57. The highest BCUT2D eigenvalue weighted by Crippen LogP contribution is 2.25. The summed E-state index contributed by atoms with van der Waals surface area (Å²) in [5.41, 5.74) is 2.50. The normalized spacial score (nSPS) is 17.3. The fourth-order valence-corrected chi connectivity index (χ4v) is 3.27. The van der Waals surface area contributed by atoms with Gasteiger partial charge in [-0.3, -0.25) is 4.99 Å². The summed E-state index contributed by atoms with van der Waals surface area (Å²) in [6.07, 6.45) is 0.698. The topological polar surface area (TPSA) is 75.8 Å². The van der Waals surface area contributed by atoms with Gasteiger partial charge in [-0.15, -0.1) is 24.0 Å². The highest BCUT2D eigenvalue weighted by Gasteiger charge is 2.25. The van der Waals surface area contributed by atoms with Gasteiger partial charge in [0.1, 0.15) is 6.10 Å². The Hall–Kier alpha value is -1.68. The predicted octanol–water partition coefficient (Wildman–Crippen LogP) is 3.70. The standard InChI is InChI=1S/C21H31N5O2.HI/c1-5-22-21(23-11-10-19-24-20(15(2)3)25-28-19)26-12-13-27-18(14-26)17-9-7-6-8-16(17)4;/h6-9,15,18H,5,10-14H2,1-4H3,(H,22,23);1H. The molecule has 0 saturated carbocycles. The lowest BCUT2D eigenvalue weighted by atomic mass is 10.0. The number of hydrogen-bond acceptors (Lipinski definition) is 5. The molecule has 2 aromatic rings. The van der Waals surface area contributed by atoms with Gasteiger partial charge in [0.2, 0.25) is 5.89 Å². The highest BCUT2D eigenvalue weighted by molar-refractivity contribution is 14.0. The van der Waals surface area contributed by atoms with Crippen LogP contribution in [0.2, 0.25) is 0 Å². The van der Waals surface area contributed by atoms with Crippen LogP contribution < -0.4 is 5.32 Å². The number of aromatic nitrogens is 2. The Bertz CT molecular complexity index is 793. The van der Waals surface area contributed by atoms with E-state index in [1.165, 1.54) is 11.1 Å². The Balaban J connectivity index is 0.00000300. The lowest BCUT2D eigenvalue weighted by molar-refractivity contribution is -0.00832. The van der Waals surface area contributed by atoms with Crippen LogP contribution >= 0.6 is 24.0 Å². The van der Waals surface area contributed by atoms with Crippen molar-refractivity contribution < 1.29 is 9.26 Å². The van der Waals surface area contributed by atoms with Crippen LogP contribution in [0.3, 0.4) is 0 Å². The van der Waals surface area contributed by atoms with Gasteiger partial charge < -0.3 is 19.5 Å². The first-order chi connectivity index (χ1) is 13.6. The maximum absolute atomic E-state index is 6.04. The van der Waals surface area contributed by atoms with Gasteiger partial charge in [0, 0.05) is 25.4 Å². The molecular formula is C21H32IN5O2. The molecule has 1 atom stereocenters. The van der Waals surface area contributed by atoms with Crippen molar-refractivity contribution >= 4 is 29.9 Å². The molecule has 0 aliphatic carbocycles. The van der Waals surface area contributed by atoms with Gasteiger partial charge in [-0.1, -0.05) is 43.3 Å². The Morgan fingerprint density at radius 2 is 2.14 bits per heavy atom. The minimum absolute atomic E-state index is 0. The van der Waals surface area contributed by atoms with Gasteiger partial charge in [-0.25, -0.2) is 0 Å². The molecule has 29 heavy (non-hydrogen) atoms. The molecular weight excluding hydrogens is 481 g/mol. The third kappa shape index (κ3) is 6.40. The lowest BCUT2D eigenvalue weighted by Gasteiger charge is -2.35. The zero-order valence-corrected chi connectivity index (χ0v) is 20.1. The third-order valence-electron chi connectivity index (χ3n) is 4.82. The van der Waals surface area contributed by atoms with Crippen LogP contribution in [0.1, 0.15) is 55.6 Å². The van der Waals surface area contributed by atoms with Crippen molar-refractivity contribution in [3.8, 4) is 0 Å². The summed E-state index contributed by atoms with van der Waals surface area (Å²) in [5, 5.41) is 7.42. The van der Waals surface area contributed by atoms with Gasteiger partial charge in [0.25, 0.3) is 0 Å². The van der Waals surface area contributed by atoms with Crippen LogP contribution in [-0.2, 0) is 11.2 Å². The Morgan fingerprint density at radius 1 is 1.34 bits per heavy atom. The van der Waals surface area contributed by atoms with Gasteiger partial charge >= 0.3 is 0 Å².